The van der Waals surface area contributed by atoms with Gasteiger partial charge in [0.05, 0.1) is 6.04 Å². The third-order valence-electron chi connectivity index (χ3n) is 3.09. The molecule has 22 heavy (non-hydrogen) atoms. The Morgan fingerprint density at radius 3 is 2.64 bits per heavy atom. The molecule has 1 unspecified atom stereocenters. The minimum Gasteiger partial charge on any atom is -0.352 e. The number of aromatic nitrogens is 1. The molecule has 0 saturated heterocycles. The molecule has 116 valence electrons. The van der Waals surface area contributed by atoms with Crippen LogP contribution in [0, 0.1) is 0 Å². The first-order valence-corrected chi connectivity index (χ1v) is 8.08. The Hall–Kier alpha value is -2.21. The lowest BCUT2D eigenvalue weighted by Crippen LogP contribution is -2.27. The summed E-state index contributed by atoms with van der Waals surface area (Å²) in [4.78, 5) is 28.4. The van der Waals surface area contributed by atoms with E-state index in [1.807, 2.05) is 19.2 Å². The molecule has 0 fully saturated rings. The predicted octanol–water partition coefficient (Wildman–Crippen LogP) is 2.77. The number of benzene rings is 1. The van der Waals surface area contributed by atoms with Crippen molar-refractivity contribution in [3.8, 4) is 0 Å². The summed E-state index contributed by atoms with van der Waals surface area (Å²) in [5.41, 5.74) is 0.954. The Bertz CT molecular complexity index is 641. The van der Waals surface area contributed by atoms with Crippen LogP contribution in [0.25, 0.3) is 0 Å². The zero-order chi connectivity index (χ0) is 15.9. The fourth-order valence-corrected chi connectivity index (χ4v) is 2.58. The van der Waals surface area contributed by atoms with E-state index in [1.165, 1.54) is 11.3 Å². The number of thiazole rings is 1. The van der Waals surface area contributed by atoms with Gasteiger partial charge in [-0.3, -0.25) is 9.59 Å². The average molecular weight is 317 g/mol. The molecule has 0 aliphatic rings. The number of amides is 2. The standard InChI is InChI=1S/C16H19N3O2S/c1-3-7-17-14(20)12-5-4-6-13(10-12)15(21)19-11(2)16-18-8-9-22-16/h4-6,8-11H,3,7H2,1-2H3,(H,17,20)(H,19,21). The third-order valence-corrected chi connectivity index (χ3v) is 4.05. The Morgan fingerprint density at radius 2 is 2.00 bits per heavy atom. The fraction of sp³-hybridized carbons (Fsp3) is 0.312. The molecule has 2 rings (SSSR count). The molecule has 2 aromatic rings. The molecule has 0 spiro atoms. The highest BCUT2D eigenvalue weighted by Crippen LogP contribution is 2.15. The molecule has 1 aromatic heterocycles. The number of carbonyl (C=O) groups excluding carboxylic acids is 2. The normalized spacial score (nSPS) is 11.7. The first-order chi connectivity index (χ1) is 10.6. The van der Waals surface area contributed by atoms with E-state index in [2.05, 4.69) is 15.6 Å². The first kappa shape index (κ1) is 16.2. The van der Waals surface area contributed by atoms with Gasteiger partial charge in [0.25, 0.3) is 11.8 Å². The van der Waals surface area contributed by atoms with Crippen LogP contribution in [-0.4, -0.2) is 23.3 Å². The highest BCUT2D eigenvalue weighted by Gasteiger charge is 2.14. The number of hydrogen-bond acceptors (Lipinski definition) is 4. The number of rotatable bonds is 6. The number of nitrogens with zero attached hydrogens (tertiary/aromatic N) is 1. The summed E-state index contributed by atoms with van der Waals surface area (Å²) in [5, 5.41) is 8.41. The van der Waals surface area contributed by atoms with Gasteiger partial charge in [-0.25, -0.2) is 4.98 Å². The zero-order valence-electron chi connectivity index (χ0n) is 12.6. The first-order valence-electron chi connectivity index (χ1n) is 7.20. The van der Waals surface area contributed by atoms with Crippen molar-refractivity contribution in [2.75, 3.05) is 6.54 Å². The van der Waals surface area contributed by atoms with Crippen LogP contribution in [0.2, 0.25) is 0 Å². The van der Waals surface area contributed by atoms with E-state index in [0.29, 0.717) is 17.7 Å². The number of carbonyl (C=O) groups is 2. The van der Waals surface area contributed by atoms with Crippen molar-refractivity contribution >= 4 is 23.2 Å². The lowest BCUT2D eigenvalue weighted by Gasteiger charge is -2.12. The Balaban J connectivity index is 2.05. The molecule has 0 bridgehead atoms. The molecule has 1 heterocycles. The lowest BCUT2D eigenvalue weighted by molar-refractivity contribution is 0.0940. The molecule has 0 radical (unpaired) electrons. The highest BCUT2D eigenvalue weighted by atomic mass is 32.1. The van der Waals surface area contributed by atoms with Gasteiger partial charge in [-0.05, 0) is 31.5 Å². The van der Waals surface area contributed by atoms with Gasteiger partial charge in [0.1, 0.15) is 5.01 Å². The maximum absolute atomic E-state index is 12.3. The van der Waals surface area contributed by atoms with Crippen molar-refractivity contribution < 1.29 is 9.59 Å². The fourth-order valence-electron chi connectivity index (χ4n) is 1.93. The molecule has 2 N–H and O–H groups in total. The second kappa shape index (κ2) is 7.70. The Morgan fingerprint density at radius 1 is 1.27 bits per heavy atom. The van der Waals surface area contributed by atoms with Gasteiger partial charge in [0, 0.05) is 29.2 Å². The van der Waals surface area contributed by atoms with Crippen molar-refractivity contribution in [2.24, 2.45) is 0 Å². The molecule has 0 aliphatic heterocycles. The third kappa shape index (κ3) is 4.14. The van der Waals surface area contributed by atoms with Crippen molar-refractivity contribution in [1.29, 1.82) is 0 Å². The molecule has 1 aromatic carbocycles. The van der Waals surface area contributed by atoms with Gasteiger partial charge < -0.3 is 10.6 Å². The molecule has 1 atom stereocenters. The Kier molecular flexibility index (Phi) is 5.66. The quantitative estimate of drug-likeness (QED) is 0.860. The smallest absolute Gasteiger partial charge is 0.251 e. The van der Waals surface area contributed by atoms with Gasteiger partial charge in [-0.15, -0.1) is 11.3 Å². The summed E-state index contributed by atoms with van der Waals surface area (Å²) in [5.74, 6) is -0.377. The minimum absolute atomic E-state index is 0.162. The highest BCUT2D eigenvalue weighted by molar-refractivity contribution is 7.09. The topological polar surface area (TPSA) is 71.1 Å². The molecular formula is C16H19N3O2S. The van der Waals surface area contributed by atoms with E-state index < -0.39 is 0 Å². The van der Waals surface area contributed by atoms with Crippen molar-refractivity contribution in [3.05, 3.63) is 52.0 Å². The van der Waals surface area contributed by atoms with E-state index in [9.17, 15) is 9.59 Å². The van der Waals surface area contributed by atoms with Crippen LogP contribution in [-0.2, 0) is 0 Å². The molecular weight excluding hydrogens is 298 g/mol. The second-order valence-electron chi connectivity index (χ2n) is 4.90. The largest absolute Gasteiger partial charge is 0.352 e. The summed E-state index contributed by atoms with van der Waals surface area (Å²) in [6, 6.07) is 6.55. The molecule has 0 aliphatic carbocycles. The predicted molar refractivity (Wildman–Crippen MR) is 87.1 cm³/mol. The molecule has 5 nitrogen and oxygen atoms in total. The lowest BCUT2D eigenvalue weighted by atomic mass is 10.1. The van der Waals surface area contributed by atoms with E-state index >= 15 is 0 Å². The summed E-state index contributed by atoms with van der Waals surface area (Å²) in [7, 11) is 0. The monoisotopic (exact) mass is 317 g/mol. The van der Waals surface area contributed by atoms with Gasteiger partial charge in [0.15, 0.2) is 0 Å². The van der Waals surface area contributed by atoms with Gasteiger partial charge >= 0.3 is 0 Å². The van der Waals surface area contributed by atoms with Crippen molar-refractivity contribution in [2.45, 2.75) is 26.3 Å². The van der Waals surface area contributed by atoms with Crippen LogP contribution in [0.15, 0.2) is 35.8 Å². The van der Waals surface area contributed by atoms with E-state index in [4.69, 9.17) is 0 Å². The Labute approximate surface area is 133 Å². The van der Waals surface area contributed by atoms with Crippen LogP contribution in [0.4, 0.5) is 0 Å². The van der Waals surface area contributed by atoms with E-state index in [1.54, 1.807) is 30.5 Å². The van der Waals surface area contributed by atoms with Crippen LogP contribution in [0.1, 0.15) is 52.0 Å². The van der Waals surface area contributed by atoms with Crippen LogP contribution < -0.4 is 10.6 Å². The summed E-state index contributed by atoms with van der Waals surface area (Å²) in [6.07, 6.45) is 2.58. The second-order valence-corrected chi connectivity index (χ2v) is 5.83. The molecule has 6 heteroatoms. The summed E-state index contributed by atoms with van der Waals surface area (Å²) in [6.45, 7) is 4.50. The molecule has 0 saturated carbocycles. The average Bonchev–Trinajstić information content (AvgIpc) is 3.07. The van der Waals surface area contributed by atoms with Crippen molar-refractivity contribution in [3.63, 3.8) is 0 Å². The van der Waals surface area contributed by atoms with Gasteiger partial charge in [-0.2, -0.15) is 0 Å². The minimum atomic E-state index is -0.215. The van der Waals surface area contributed by atoms with Crippen LogP contribution in [0.3, 0.4) is 0 Å². The van der Waals surface area contributed by atoms with Crippen molar-refractivity contribution in [1.82, 2.24) is 15.6 Å². The van der Waals surface area contributed by atoms with Gasteiger partial charge in [-0.1, -0.05) is 13.0 Å². The number of nitrogens with one attached hydrogen (secondary N) is 2. The molecule has 2 amide bonds. The summed E-state index contributed by atoms with van der Waals surface area (Å²) >= 11 is 1.50. The summed E-state index contributed by atoms with van der Waals surface area (Å²) < 4.78 is 0. The maximum atomic E-state index is 12.3. The van der Waals surface area contributed by atoms with Crippen LogP contribution in [0.5, 0.6) is 0 Å². The maximum Gasteiger partial charge on any atom is 0.251 e. The van der Waals surface area contributed by atoms with Gasteiger partial charge in [0.2, 0.25) is 0 Å². The van der Waals surface area contributed by atoms with E-state index in [-0.39, 0.29) is 17.9 Å². The number of hydrogen-bond donors (Lipinski definition) is 2. The van der Waals surface area contributed by atoms with Crippen LogP contribution >= 0.6 is 11.3 Å². The van der Waals surface area contributed by atoms with E-state index in [0.717, 1.165) is 11.4 Å². The SMILES string of the molecule is CCCNC(=O)c1cccc(C(=O)NC(C)c2nccs2)c1. The zero-order valence-corrected chi connectivity index (χ0v) is 13.4.